The van der Waals surface area contributed by atoms with Crippen LogP contribution in [0.3, 0.4) is 0 Å². The molecule has 0 atom stereocenters. The zero-order valence-electron chi connectivity index (χ0n) is 11.7. The molecule has 0 amide bonds. The number of aryl methyl sites for hydroxylation is 1. The Kier molecular flexibility index (Phi) is 6.68. The van der Waals surface area contributed by atoms with E-state index >= 15 is 0 Å². The predicted molar refractivity (Wildman–Crippen MR) is 74.3 cm³/mol. The van der Waals surface area contributed by atoms with E-state index in [1.54, 1.807) is 0 Å². The van der Waals surface area contributed by atoms with Crippen LogP contribution in [0, 0.1) is 0 Å². The lowest BCUT2D eigenvalue weighted by atomic mass is 10.1. The van der Waals surface area contributed by atoms with Crippen LogP contribution in [-0.4, -0.2) is 14.1 Å². The summed E-state index contributed by atoms with van der Waals surface area (Å²) >= 11 is 0. The second-order valence-electron chi connectivity index (χ2n) is 4.96. The Bertz CT molecular complexity index is 290. The third kappa shape index (κ3) is 5.71. The lowest BCUT2D eigenvalue weighted by Crippen LogP contribution is -2.32. The highest BCUT2D eigenvalue weighted by Crippen LogP contribution is 2.07. The summed E-state index contributed by atoms with van der Waals surface area (Å²) in [6.07, 6.45) is 12.6. The monoisotopic (exact) mass is 235 g/mol. The van der Waals surface area contributed by atoms with Crippen LogP contribution in [0.1, 0.15) is 45.4 Å². The van der Waals surface area contributed by atoms with Crippen molar-refractivity contribution in [2.24, 2.45) is 0 Å². The van der Waals surface area contributed by atoms with Crippen LogP contribution in [0.15, 0.2) is 24.5 Å². The first-order valence-corrected chi connectivity index (χ1v) is 6.90. The lowest BCUT2D eigenvalue weighted by Gasteiger charge is -2.10. The zero-order chi connectivity index (χ0) is 12.5. The van der Waals surface area contributed by atoms with Crippen molar-refractivity contribution in [3.05, 3.63) is 24.5 Å². The number of anilines is 1. The van der Waals surface area contributed by atoms with Gasteiger partial charge in [0.05, 0.1) is 0 Å². The molecule has 1 heterocycles. The third-order valence-electron chi connectivity index (χ3n) is 3.16. The van der Waals surface area contributed by atoms with Crippen LogP contribution in [0.4, 0.5) is 5.69 Å². The molecular weight excluding hydrogens is 208 g/mol. The molecule has 0 unspecified atom stereocenters. The topological polar surface area (TPSA) is 7.12 Å². The van der Waals surface area contributed by atoms with E-state index in [1.807, 2.05) is 0 Å². The summed E-state index contributed by atoms with van der Waals surface area (Å²) in [7, 11) is 4.15. The molecule has 2 heteroatoms. The normalized spacial score (nSPS) is 10.5. The van der Waals surface area contributed by atoms with E-state index in [1.165, 1.54) is 44.2 Å². The number of pyridine rings is 1. The van der Waals surface area contributed by atoms with E-state index in [4.69, 9.17) is 0 Å². The zero-order valence-corrected chi connectivity index (χ0v) is 11.7. The van der Waals surface area contributed by atoms with Crippen molar-refractivity contribution >= 4 is 5.69 Å². The molecule has 1 aromatic rings. The Morgan fingerprint density at radius 3 is 2.12 bits per heavy atom. The van der Waals surface area contributed by atoms with E-state index in [0.717, 1.165) is 6.54 Å². The van der Waals surface area contributed by atoms with Crippen LogP contribution in [0.2, 0.25) is 0 Å². The molecule has 0 aliphatic carbocycles. The van der Waals surface area contributed by atoms with Gasteiger partial charge in [-0.1, -0.05) is 32.6 Å². The largest absolute Gasteiger partial charge is 0.377 e. The Morgan fingerprint density at radius 2 is 1.53 bits per heavy atom. The minimum Gasteiger partial charge on any atom is -0.377 e. The smallest absolute Gasteiger partial charge is 0.170 e. The van der Waals surface area contributed by atoms with Crippen LogP contribution in [0.5, 0.6) is 0 Å². The molecular formula is C15H27N2+. The molecule has 0 saturated heterocycles. The van der Waals surface area contributed by atoms with Crippen LogP contribution in [-0.2, 0) is 6.54 Å². The van der Waals surface area contributed by atoms with Crippen molar-refractivity contribution in [3.8, 4) is 0 Å². The van der Waals surface area contributed by atoms with Crippen molar-refractivity contribution in [2.45, 2.75) is 52.0 Å². The number of hydrogen-bond donors (Lipinski definition) is 0. The summed E-state index contributed by atoms with van der Waals surface area (Å²) in [5, 5.41) is 0. The van der Waals surface area contributed by atoms with Gasteiger partial charge in [-0.05, 0) is 6.42 Å². The summed E-state index contributed by atoms with van der Waals surface area (Å²) in [5.41, 5.74) is 1.27. The molecule has 0 bridgehead atoms. The van der Waals surface area contributed by atoms with Gasteiger partial charge < -0.3 is 4.90 Å². The van der Waals surface area contributed by atoms with E-state index < -0.39 is 0 Å². The maximum atomic E-state index is 2.28. The van der Waals surface area contributed by atoms with Crippen molar-refractivity contribution in [1.29, 1.82) is 0 Å². The fraction of sp³-hybridized carbons (Fsp3) is 0.667. The summed E-state index contributed by atoms with van der Waals surface area (Å²) in [6.45, 7) is 3.42. The molecule has 17 heavy (non-hydrogen) atoms. The van der Waals surface area contributed by atoms with Crippen molar-refractivity contribution < 1.29 is 4.57 Å². The molecule has 2 nitrogen and oxygen atoms in total. The van der Waals surface area contributed by atoms with Crippen LogP contribution in [0.25, 0.3) is 0 Å². The molecule has 0 aromatic carbocycles. The van der Waals surface area contributed by atoms with Gasteiger partial charge in [0.15, 0.2) is 12.4 Å². The second-order valence-corrected chi connectivity index (χ2v) is 4.96. The maximum Gasteiger partial charge on any atom is 0.170 e. The molecule has 0 N–H and O–H groups in total. The van der Waals surface area contributed by atoms with Gasteiger partial charge >= 0.3 is 0 Å². The molecule has 1 aromatic heterocycles. The molecule has 0 fully saturated rings. The Labute approximate surface area is 106 Å². The molecule has 0 spiro atoms. The van der Waals surface area contributed by atoms with Gasteiger partial charge in [0, 0.05) is 38.3 Å². The van der Waals surface area contributed by atoms with Gasteiger partial charge in [-0.2, -0.15) is 0 Å². The van der Waals surface area contributed by atoms with Gasteiger partial charge in [0.25, 0.3) is 0 Å². The van der Waals surface area contributed by atoms with Gasteiger partial charge in [0.1, 0.15) is 6.54 Å². The van der Waals surface area contributed by atoms with Crippen LogP contribution >= 0.6 is 0 Å². The molecule has 0 radical (unpaired) electrons. The molecule has 96 valence electrons. The molecule has 0 saturated carbocycles. The second kappa shape index (κ2) is 8.10. The lowest BCUT2D eigenvalue weighted by molar-refractivity contribution is -0.697. The molecule has 0 aliphatic rings. The predicted octanol–water partition coefficient (Wildman–Crippen LogP) is 3.40. The van der Waals surface area contributed by atoms with E-state index in [-0.39, 0.29) is 0 Å². The first-order valence-electron chi connectivity index (χ1n) is 6.90. The van der Waals surface area contributed by atoms with Crippen molar-refractivity contribution in [2.75, 3.05) is 19.0 Å². The van der Waals surface area contributed by atoms with Gasteiger partial charge in [-0.3, -0.25) is 0 Å². The quantitative estimate of drug-likeness (QED) is 0.495. The number of hydrogen-bond acceptors (Lipinski definition) is 1. The summed E-state index contributed by atoms with van der Waals surface area (Å²) in [4.78, 5) is 2.13. The molecule has 0 aliphatic heterocycles. The highest BCUT2D eigenvalue weighted by Gasteiger charge is 2.01. The highest BCUT2D eigenvalue weighted by molar-refractivity contribution is 5.41. The molecule has 1 rings (SSSR count). The first-order chi connectivity index (χ1) is 8.24. The summed E-state index contributed by atoms with van der Waals surface area (Å²) < 4.78 is 2.28. The minimum atomic E-state index is 1.15. The Hall–Kier alpha value is -1.05. The fourth-order valence-electron chi connectivity index (χ4n) is 1.97. The number of aromatic nitrogens is 1. The first kappa shape index (κ1) is 14.0. The Morgan fingerprint density at radius 1 is 0.941 bits per heavy atom. The van der Waals surface area contributed by atoms with Gasteiger partial charge in [-0.25, -0.2) is 4.57 Å². The summed E-state index contributed by atoms with van der Waals surface area (Å²) in [6, 6.07) is 4.36. The van der Waals surface area contributed by atoms with Gasteiger partial charge in [-0.15, -0.1) is 0 Å². The van der Waals surface area contributed by atoms with Gasteiger partial charge in [0.2, 0.25) is 0 Å². The van der Waals surface area contributed by atoms with E-state index in [9.17, 15) is 0 Å². The summed E-state index contributed by atoms with van der Waals surface area (Å²) in [5.74, 6) is 0. The Balaban J connectivity index is 2.19. The third-order valence-corrected chi connectivity index (χ3v) is 3.16. The number of rotatable bonds is 8. The highest BCUT2D eigenvalue weighted by atomic mass is 15.1. The average Bonchev–Trinajstić information content (AvgIpc) is 2.34. The van der Waals surface area contributed by atoms with E-state index in [0.29, 0.717) is 0 Å². The van der Waals surface area contributed by atoms with Crippen molar-refractivity contribution in [3.63, 3.8) is 0 Å². The minimum absolute atomic E-state index is 1.15. The van der Waals surface area contributed by atoms with Crippen molar-refractivity contribution in [1.82, 2.24) is 0 Å². The number of unbranched alkanes of at least 4 members (excludes halogenated alkanes) is 5. The van der Waals surface area contributed by atoms with E-state index in [2.05, 4.69) is 55.0 Å². The maximum absolute atomic E-state index is 2.28. The number of nitrogens with zero attached hydrogens (tertiary/aromatic N) is 2. The van der Waals surface area contributed by atoms with Crippen LogP contribution < -0.4 is 9.47 Å². The average molecular weight is 235 g/mol. The fourth-order valence-corrected chi connectivity index (χ4v) is 1.97. The standard InChI is InChI=1S/C15H27N2/c1-4-5-6-7-8-9-12-17-13-10-15(11-14-17)16(2)3/h10-11,13-14H,4-9,12H2,1-3H3/q+1. The SMILES string of the molecule is CCCCCCCC[n+]1ccc(N(C)C)cc1.